The largest absolute Gasteiger partial charge is 0.506 e. The molecule has 0 fully saturated rings. The zero-order chi connectivity index (χ0) is 18.6. The van der Waals surface area contributed by atoms with Gasteiger partial charge in [0.2, 0.25) is 5.76 Å². The molecule has 0 radical (unpaired) electrons. The van der Waals surface area contributed by atoms with Gasteiger partial charge >= 0.3 is 30.1 Å². The molecule has 0 aromatic carbocycles. The van der Waals surface area contributed by atoms with E-state index in [9.17, 15) is 53.1 Å². The van der Waals surface area contributed by atoms with Crippen molar-refractivity contribution in [2.75, 3.05) is 0 Å². The topological polar surface area (TPSA) is 50.4 Å². The van der Waals surface area contributed by atoms with Gasteiger partial charge in [-0.3, -0.25) is 0 Å². The third-order valence-corrected chi connectivity index (χ3v) is 2.31. The minimum absolute atomic E-state index is 2.94. The van der Waals surface area contributed by atoms with E-state index < -0.39 is 52.7 Å². The zero-order valence-electron chi connectivity index (χ0n) is 9.92. The second-order valence-electron chi connectivity index (χ2n) is 3.88. The van der Waals surface area contributed by atoms with Crippen molar-refractivity contribution >= 4 is 0 Å². The quantitative estimate of drug-likeness (QED) is 0.764. The van der Waals surface area contributed by atoms with E-state index in [1.165, 1.54) is 0 Å². The molecule has 0 amide bonds. The molecule has 3 nitrogen and oxygen atoms in total. The Morgan fingerprint density at radius 1 is 0.739 bits per heavy atom. The molecule has 0 saturated carbocycles. The van der Waals surface area contributed by atoms with Gasteiger partial charge in [-0.05, 0) is 0 Å². The Morgan fingerprint density at radius 2 is 1.13 bits per heavy atom. The lowest BCUT2D eigenvalue weighted by Gasteiger charge is -2.23. The summed E-state index contributed by atoms with van der Waals surface area (Å²) in [6.45, 7) is 0. The molecule has 0 aliphatic carbocycles. The molecule has 0 saturated heterocycles. The van der Waals surface area contributed by atoms with Crippen LogP contribution in [0, 0.1) is 0 Å². The van der Waals surface area contributed by atoms with Gasteiger partial charge in [0.25, 0.3) is 0 Å². The van der Waals surface area contributed by atoms with Crippen LogP contribution in [0.4, 0.5) is 48.3 Å². The second-order valence-corrected chi connectivity index (χ2v) is 3.88. The minimum Gasteiger partial charge on any atom is -0.506 e. The van der Waals surface area contributed by atoms with Crippen LogP contribution in [0.1, 0.15) is 16.9 Å². The average Bonchev–Trinajstić information content (AvgIpc) is 2.21. The van der Waals surface area contributed by atoms with Gasteiger partial charge in [0.1, 0.15) is 5.56 Å². The van der Waals surface area contributed by atoms with Crippen molar-refractivity contribution in [1.29, 1.82) is 0 Å². The molecular formula is C9HF11O3. The van der Waals surface area contributed by atoms with Crippen LogP contribution in [0.3, 0.4) is 0 Å². The molecule has 0 atom stereocenters. The van der Waals surface area contributed by atoms with Gasteiger partial charge in [-0.1, -0.05) is 0 Å². The Bertz CT molecular complexity index is 662. The summed E-state index contributed by atoms with van der Waals surface area (Å²) in [6, 6.07) is 0. The van der Waals surface area contributed by atoms with Crippen molar-refractivity contribution < 1.29 is 57.8 Å². The molecule has 0 unspecified atom stereocenters. The highest BCUT2D eigenvalue weighted by molar-refractivity contribution is 5.45. The Kier molecular flexibility index (Phi) is 4.13. The van der Waals surface area contributed by atoms with Crippen LogP contribution in [0.25, 0.3) is 0 Å². The van der Waals surface area contributed by atoms with Crippen molar-refractivity contribution in [3.63, 3.8) is 0 Å². The summed E-state index contributed by atoms with van der Waals surface area (Å²) in [5.74, 6) is -13.1. The molecule has 1 N–H and O–H groups in total. The van der Waals surface area contributed by atoms with E-state index in [-0.39, 0.29) is 0 Å². The fraction of sp³-hybridized carbons (Fsp3) is 0.444. The van der Waals surface area contributed by atoms with Crippen LogP contribution >= 0.6 is 0 Å². The zero-order valence-corrected chi connectivity index (χ0v) is 9.92. The summed E-state index contributed by atoms with van der Waals surface area (Å²) in [4.78, 5) is 10.8. The normalized spacial score (nSPS) is 14.2. The number of alkyl halides is 11. The van der Waals surface area contributed by atoms with Crippen molar-refractivity contribution in [3.8, 4) is 5.75 Å². The molecule has 1 heterocycles. The van der Waals surface area contributed by atoms with E-state index >= 15 is 0 Å². The second kappa shape index (κ2) is 4.99. The van der Waals surface area contributed by atoms with Crippen LogP contribution in [0.2, 0.25) is 0 Å². The predicted octanol–water partition coefficient (Wildman–Crippen LogP) is 4.04. The van der Waals surface area contributed by atoms with Gasteiger partial charge in [0.05, 0.1) is 0 Å². The number of hydrogen-bond acceptors (Lipinski definition) is 3. The Morgan fingerprint density at radius 3 is 1.43 bits per heavy atom. The van der Waals surface area contributed by atoms with Gasteiger partial charge < -0.3 is 9.52 Å². The number of rotatable bonds is 1. The van der Waals surface area contributed by atoms with E-state index in [1.54, 1.807) is 0 Å². The predicted molar refractivity (Wildman–Crippen MR) is 46.6 cm³/mol. The molecule has 1 rings (SSSR count). The van der Waals surface area contributed by atoms with Gasteiger partial charge in [-0.25, -0.2) is 4.79 Å². The monoisotopic (exact) mass is 366 g/mol. The molecule has 1 aromatic heterocycles. The molecule has 1 aromatic rings. The summed E-state index contributed by atoms with van der Waals surface area (Å²) < 4.78 is 140. The average molecular weight is 366 g/mol. The summed E-state index contributed by atoms with van der Waals surface area (Å²) in [5.41, 5.74) is -9.56. The van der Waals surface area contributed by atoms with Crippen molar-refractivity contribution in [2.45, 2.75) is 24.5 Å². The van der Waals surface area contributed by atoms with Crippen molar-refractivity contribution in [1.82, 2.24) is 0 Å². The number of hydrogen-bond donors (Lipinski definition) is 1. The molecule has 0 bridgehead atoms. The SMILES string of the molecule is O=c1oc(C(F)(F)C(F)(F)F)c(C(F)(F)F)c(O)c1C(F)(F)F. The lowest BCUT2D eigenvalue weighted by Crippen LogP contribution is -2.37. The molecule has 0 aliphatic heterocycles. The standard InChI is InChI=1S/C9HF11O3/c10-6(11,9(18,19)20)4-1(7(12,13)14)3(21)2(5(22)23-4)8(15,16)17/h21H. The van der Waals surface area contributed by atoms with E-state index in [0.717, 1.165) is 0 Å². The van der Waals surface area contributed by atoms with E-state index in [0.29, 0.717) is 0 Å². The molecule has 132 valence electrons. The first-order chi connectivity index (χ1) is 9.92. The van der Waals surface area contributed by atoms with Crippen molar-refractivity contribution in [3.05, 3.63) is 27.3 Å². The smallest absolute Gasteiger partial charge is 0.461 e. The minimum atomic E-state index is -6.74. The Labute approximate surface area is 116 Å². The lowest BCUT2D eigenvalue weighted by atomic mass is 10.0. The van der Waals surface area contributed by atoms with E-state index in [4.69, 9.17) is 5.11 Å². The highest BCUT2D eigenvalue weighted by Crippen LogP contribution is 2.51. The maximum absolute atomic E-state index is 13.0. The molecule has 14 heteroatoms. The first-order valence-electron chi connectivity index (χ1n) is 4.91. The fourth-order valence-corrected chi connectivity index (χ4v) is 1.39. The fourth-order valence-electron chi connectivity index (χ4n) is 1.39. The maximum atomic E-state index is 13.0. The highest BCUT2D eigenvalue weighted by Gasteiger charge is 2.65. The van der Waals surface area contributed by atoms with E-state index in [2.05, 4.69) is 4.42 Å². The Hall–Kier alpha value is -2.02. The number of halogens is 11. The third kappa shape index (κ3) is 3.19. The summed E-state index contributed by atoms with van der Waals surface area (Å²) in [6.07, 6.45) is -19.1. The lowest BCUT2D eigenvalue weighted by molar-refractivity contribution is -0.298. The van der Waals surface area contributed by atoms with Crippen LogP contribution < -0.4 is 5.63 Å². The molecule has 0 aliphatic rings. The van der Waals surface area contributed by atoms with Crippen LogP contribution in [0.5, 0.6) is 5.75 Å². The van der Waals surface area contributed by atoms with Crippen molar-refractivity contribution in [2.24, 2.45) is 0 Å². The van der Waals surface area contributed by atoms with Crippen LogP contribution in [-0.4, -0.2) is 11.3 Å². The summed E-state index contributed by atoms with van der Waals surface area (Å²) in [7, 11) is 0. The molecule has 0 spiro atoms. The Balaban J connectivity index is 4.00. The van der Waals surface area contributed by atoms with E-state index in [1.807, 2.05) is 0 Å². The van der Waals surface area contributed by atoms with Gasteiger partial charge in [0.15, 0.2) is 11.3 Å². The third-order valence-electron chi connectivity index (χ3n) is 2.31. The first-order valence-corrected chi connectivity index (χ1v) is 4.91. The van der Waals surface area contributed by atoms with Crippen LogP contribution in [-0.2, 0) is 18.3 Å². The van der Waals surface area contributed by atoms with Gasteiger partial charge in [-0.15, -0.1) is 0 Å². The van der Waals surface area contributed by atoms with Crippen LogP contribution in [0.15, 0.2) is 9.21 Å². The highest BCUT2D eigenvalue weighted by atomic mass is 19.4. The summed E-state index contributed by atoms with van der Waals surface area (Å²) in [5, 5.41) is 8.85. The maximum Gasteiger partial charge on any atom is 0.461 e. The molecule has 23 heavy (non-hydrogen) atoms. The first kappa shape index (κ1) is 19.0. The summed E-state index contributed by atoms with van der Waals surface area (Å²) >= 11 is 0. The van der Waals surface area contributed by atoms with Gasteiger partial charge in [0, 0.05) is 0 Å². The number of aromatic hydroxyl groups is 1. The van der Waals surface area contributed by atoms with Gasteiger partial charge in [-0.2, -0.15) is 48.3 Å². The molecular weight excluding hydrogens is 365 g/mol.